The van der Waals surface area contributed by atoms with Gasteiger partial charge in [0.1, 0.15) is 12.4 Å². The molecule has 1 aliphatic heterocycles. The quantitative estimate of drug-likeness (QED) is 0.847. The number of anilines is 1. The van der Waals surface area contributed by atoms with E-state index >= 15 is 0 Å². The van der Waals surface area contributed by atoms with Crippen LogP contribution in [-0.4, -0.2) is 25.6 Å². The molecule has 0 spiro atoms. The molecular weight excluding hydrogens is 342 g/mol. The van der Waals surface area contributed by atoms with Gasteiger partial charge in [0.25, 0.3) is 5.91 Å². The second-order valence-electron chi connectivity index (χ2n) is 5.62. The van der Waals surface area contributed by atoms with Gasteiger partial charge in [0.05, 0.1) is 18.2 Å². The number of carbonyl (C=O) groups excluding carboxylic acids is 2. The summed E-state index contributed by atoms with van der Waals surface area (Å²) in [6, 6.07) is 10.2. The van der Waals surface area contributed by atoms with Crippen molar-refractivity contribution >= 4 is 35.2 Å². The monoisotopic (exact) mass is 357 g/mol. The van der Waals surface area contributed by atoms with E-state index in [9.17, 15) is 9.59 Å². The van der Waals surface area contributed by atoms with E-state index in [2.05, 4.69) is 10.1 Å². The van der Waals surface area contributed by atoms with Gasteiger partial charge in [-0.25, -0.2) is 4.79 Å². The van der Waals surface area contributed by atoms with Crippen molar-refractivity contribution in [2.24, 2.45) is 0 Å². The van der Waals surface area contributed by atoms with Gasteiger partial charge in [-0.3, -0.25) is 4.79 Å². The molecule has 1 amide bonds. The van der Waals surface area contributed by atoms with Crippen LogP contribution in [0.1, 0.15) is 21.5 Å². The van der Waals surface area contributed by atoms with Gasteiger partial charge in [-0.15, -0.1) is 0 Å². The zero-order valence-corrected chi connectivity index (χ0v) is 14.5. The maximum Gasteiger partial charge on any atom is 0.337 e. The van der Waals surface area contributed by atoms with Gasteiger partial charge in [-0.1, -0.05) is 11.6 Å². The van der Waals surface area contributed by atoms with Crippen molar-refractivity contribution in [2.75, 3.05) is 19.0 Å². The molecule has 0 fully saturated rings. The fourth-order valence-electron chi connectivity index (χ4n) is 2.53. The van der Waals surface area contributed by atoms with E-state index in [1.807, 2.05) is 6.92 Å². The predicted octanol–water partition coefficient (Wildman–Crippen LogP) is 3.85. The van der Waals surface area contributed by atoms with Gasteiger partial charge < -0.3 is 14.8 Å². The molecule has 1 aliphatic rings. The average Bonchev–Trinajstić information content (AvgIpc) is 2.61. The largest absolute Gasteiger partial charge is 0.488 e. The molecule has 2 aromatic rings. The molecule has 0 aliphatic carbocycles. The summed E-state index contributed by atoms with van der Waals surface area (Å²) in [6.45, 7) is 1.99. The Morgan fingerprint density at radius 1 is 1.20 bits per heavy atom. The number of aryl methyl sites for hydroxylation is 1. The first-order valence-corrected chi connectivity index (χ1v) is 7.99. The van der Waals surface area contributed by atoms with E-state index in [4.69, 9.17) is 16.3 Å². The number of benzene rings is 2. The number of rotatable bonds is 3. The number of amides is 1. The number of ether oxygens (including phenoxy) is 2. The maximum absolute atomic E-state index is 12.5. The molecule has 0 unspecified atom stereocenters. The first-order valence-electron chi connectivity index (χ1n) is 7.61. The number of halogens is 1. The van der Waals surface area contributed by atoms with Crippen molar-refractivity contribution in [1.82, 2.24) is 0 Å². The molecule has 0 saturated carbocycles. The van der Waals surface area contributed by atoms with Crippen molar-refractivity contribution in [3.63, 3.8) is 0 Å². The minimum Gasteiger partial charge on any atom is -0.488 e. The summed E-state index contributed by atoms with van der Waals surface area (Å²) in [6.07, 6.45) is 1.76. The molecule has 3 rings (SSSR count). The van der Waals surface area contributed by atoms with Crippen LogP contribution < -0.4 is 10.1 Å². The maximum atomic E-state index is 12.5. The van der Waals surface area contributed by atoms with Crippen LogP contribution in [0, 0.1) is 6.92 Å². The lowest BCUT2D eigenvalue weighted by molar-refractivity contribution is -0.113. The molecular formula is C19H16ClNO4. The Kier molecular flexibility index (Phi) is 4.76. The highest BCUT2D eigenvalue weighted by atomic mass is 35.5. The van der Waals surface area contributed by atoms with Gasteiger partial charge in [-0.05, 0) is 55.0 Å². The van der Waals surface area contributed by atoms with Crippen LogP contribution in [0.3, 0.4) is 0 Å². The van der Waals surface area contributed by atoms with Crippen molar-refractivity contribution in [1.29, 1.82) is 0 Å². The zero-order valence-electron chi connectivity index (χ0n) is 13.8. The fourth-order valence-corrected chi connectivity index (χ4v) is 2.71. The highest BCUT2D eigenvalue weighted by molar-refractivity contribution is 6.30. The average molecular weight is 358 g/mol. The summed E-state index contributed by atoms with van der Waals surface area (Å²) in [5.41, 5.74) is 3.07. The smallest absolute Gasteiger partial charge is 0.337 e. The van der Waals surface area contributed by atoms with Crippen molar-refractivity contribution in [2.45, 2.75) is 6.92 Å². The lowest BCUT2D eigenvalue weighted by atomic mass is 10.1. The molecule has 5 nitrogen and oxygen atoms in total. The van der Waals surface area contributed by atoms with Gasteiger partial charge in [0, 0.05) is 16.3 Å². The summed E-state index contributed by atoms with van der Waals surface area (Å²) >= 11 is 5.98. The van der Waals surface area contributed by atoms with E-state index in [0.29, 0.717) is 27.6 Å². The Bertz CT molecular complexity index is 889. The minimum atomic E-state index is -0.419. The van der Waals surface area contributed by atoms with E-state index in [1.54, 1.807) is 42.5 Å². The normalized spacial score (nSPS) is 12.5. The Morgan fingerprint density at radius 3 is 2.72 bits per heavy atom. The zero-order chi connectivity index (χ0) is 18.0. The highest BCUT2D eigenvalue weighted by Crippen LogP contribution is 2.29. The van der Waals surface area contributed by atoms with E-state index < -0.39 is 5.97 Å². The number of methoxy groups -OCH3 is 1. The molecule has 0 radical (unpaired) electrons. The third-order valence-electron chi connectivity index (χ3n) is 3.87. The number of hydrogen-bond acceptors (Lipinski definition) is 4. The molecule has 0 bridgehead atoms. The van der Waals surface area contributed by atoms with Crippen LogP contribution in [-0.2, 0) is 9.53 Å². The molecule has 6 heteroatoms. The van der Waals surface area contributed by atoms with Crippen LogP contribution in [0.15, 0.2) is 42.0 Å². The molecule has 1 N–H and O–H groups in total. The Hall–Kier alpha value is -2.79. The van der Waals surface area contributed by atoms with Crippen molar-refractivity contribution < 1.29 is 19.1 Å². The molecule has 128 valence electrons. The lowest BCUT2D eigenvalue weighted by Crippen LogP contribution is -2.21. The highest BCUT2D eigenvalue weighted by Gasteiger charge is 2.18. The number of carbonyl (C=O) groups is 2. The Balaban J connectivity index is 1.80. The van der Waals surface area contributed by atoms with Crippen LogP contribution in [0.2, 0.25) is 5.02 Å². The van der Waals surface area contributed by atoms with Gasteiger partial charge in [-0.2, -0.15) is 0 Å². The number of nitrogens with one attached hydrogen (secondary N) is 1. The molecule has 2 aromatic carbocycles. The van der Waals surface area contributed by atoms with E-state index in [1.165, 1.54) is 7.11 Å². The standard InChI is InChI=1S/C19H16ClNO4/c1-11-7-12(19(23)24-2)3-5-16(11)21-18(22)14-8-13-9-15(20)4-6-17(13)25-10-14/h3-9H,10H2,1-2H3,(H,21,22). The summed E-state index contributed by atoms with van der Waals surface area (Å²) in [5, 5.41) is 3.42. The van der Waals surface area contributed by atoms with Gasteiger partial charge in [0.2, 0.25) is 0 Å². The summed E-state index contributed by atoms with van der Waals surface area (Å²) in [7, 11) is 1.33. The van der Waals surface area contributed by atoms with E-state index in [-0.39, 0.29) is 12.5 Å². The number of fused-ring (bicyclic) bond motifs is 1. The van der Waals surface area contributed by atoms with Crippen LogP contribution >= 0.6 is 11.6 Å². The van der Waals surface area contributed by atoms with Crippen molar-refractivity contribution in [3.05, 3.63) is 63.7 Å². The van der Waals surface area contributed by atoms with Crippen LogP contribution in [0.5, 0.6) is 5.75 Å². The van der Waals surface area contributed by atoms with Gasteiger partial charge in [0.15, 0.2) is 0 Å². The molecule has 25 heavy (non-hydrogen) atoms. The van der Waals surface area contributed by atoms with E-state index in [0.717, 1.165) is 11.1 Å². The number of esters is 1. The SMILES string of the molecule is COC(=O)c1ccc(NC(=O)C2=Cc3cc(Cl)ccc3OC2)c(C)c1. The number of hydrogen-bond donors (Lipinski definition) is 1. The van der Waals surface area contributed by atoms with Crippen molar-refractivity contribution in [3.8, 4) is 5.75 Å². The summed E-state index contributed by atoms with van der Waals surface area (Å²) in [5.74, 6) is 0.0111. The summed E-state index contributed by atoms with van der Waals surface area (Å²) in [4.78, 5) is 24.1. The third-order valence-corrected chi connectivity index (χ3v) is 4.11. The topological polar surface area (TPSA) is 64.6 Å². The van der Waals surface area contributed by atoms with Crippen LogP contribution in [0.4, 0.5) is 5.69 Å². The lowest BCUT2D eigenvalue weighted by Gasteiger charge is -2.18. The van der Waals surface area contributed by atoms with Gasteiger partial charge >= 0.3 is 5.97 Å². The second-order valence-corrected chi connectivity index (χ2v) is 6.05. The Labute approximate surface area is 150 Å². The first kappa shape index (κ1) is 17.0. The molecule has 0 aromatic heterocycles. The Morgan fingerprint density at radius 2 is 2.00 bits per heavy atom. The first-order chi connectivity index (χ1) is 12.0. The predicted molar refractivity (Wildman–Crippen MR) is 96.1 cm³/mol. The third kappa shape index (κ3) is 3.67. The summed E-state index contributed by atoms with van der Waals surface area (Å²) < 4.78 is 10.3. The molecule has 1 heterocycles. The van der Waals surface area contributed by atoms with Crippen LogP contribution in [0.25, 0.3) is 6.08 Å². The minimum absolute atomic E-state index is 0.180. The molecule has 0 saturated heterocycles. The fraction of sp³-hybridized carbons (Fsp3) is 0.158. The molecule has 0 atom stereocenters. The second kappa shape index (κ2) is 6.99.